The Morgan fingerprint density at radius 2 is 2.11 bits per heavy atom. The van der Waals surface area contributed by atoms with Gasteiger partial charge in [0.1, 0.15) is 0 Å². The average molecular weight is 281 g/mol. The molecule has 1 aliphatic heterocycles. The van der Waals surface area contributed by atoms with Gasteiger partial charge in [-0.05, 0) is 36.9 Å². The van der Waals surface area contributed by atoms with Gasteiger partial charge >= 0.3 is 0 Å². The van der Waals surface area contributed by atoms with Crippen LogP contribution in [0.2, 0.25) is 5.02 Å². The largest absolute Gasteiger partial charge is 0.371 e. The molecule has 0 spiro atoms. The molecule has 19 heavy (non-hydrogen) atoms. The van der Waals surface area contributed by atoms with Crippen LogP contribution < -0.4 is 10.2 Å². The fraction of sp³-hybridized carbons (Fsp3) is 0.625. The molecule has 2 unspecified atom stereocenters. The second kappa shape index (κ2) is 6.62. The van der Waals surface area contributed by atoms with Gasteiger partial charge in [-0.2, -0.15) is 0 Å². The molecule has 0 aliphatic carbocycles. The summed E-state index contributed by atoms with van der Waals surface area (Å²) >= 11 is 6.38. The summed E-state index contributed by atoms with van der Waals surface area (Å²) in [7, 11) is 0. The highest BCUT2D eigenvalue weighted by Crippen LogP contribution is 2.32. The van der Waals surface area contributed by atoms with Gasteiger partial charge in [0.05, 0.1) is 0 Å². The zero-order chi connectivity index (χ0) is 13.8. The Balaban J connectivity index is 2.21. The lowest BCUT2D eigenvalue weighted by molar-refractivity contribution is 0.323. The van der Waals surface area contributed by atoms with Crippen molar-refractivity contribution in [3.8, 4) is 0 Å². The molecule has 0 radical (unpaired) electrons. The molecule has 1 aromatic carbocycles. The number of nitrogens with one attached hydrogen (secondary N) is 1. The van der Waals surface area contributed by atoms with Gasteiger partial charge in [0.25, 0.3) is 0 Å². The summed E-state index contributed by atoms with van der Waals surface area (Å²) in [6, 6.07) is 6.27. The van der Waals surface area contributed by atoms with E-state index in [0.717, 1.165) is 43.0 Å². The summed E-state index contributed by atoms with van der Waals surface area (Å²) in [6.07, 6.45) is 1.27. The SMILES string of the molecule is CCNCc1c(Cl)cccc1N1CCC(C)C(C)C1. The molecule has 0 aromatic heterocycles. The summed E-state index contributed by atoms with van der Waals surface area (Å²) in [5.41, 5.74) is 2.56. The molecule has 0 amide bonds. The van der Waals surface area contributed by atoms with Gasteiger partial charge in [-0.1, -0.05) is 38.4 Å². The van der Waals surface area contributed by atoms with E-state index in [0.29, 0.717) is 0 Å². The van der Waals surface area contributed by atoms with Gasteiger partial charge < -0.3 is 10.2 Å². The van der Waals surface area contributed by atoms with Crippen molar-refractivity contribution in [3.63, 3.8) is 0 Å². The Kier molecular flexibility index (Phi) is 5.12. The predicted octanol–water partition coefficient (Wildman–Crippen LogP) is 3.93. The first-order valence-corrected chi connectivity index (χ1v) is 7.74. The number of hydrogen-bond donors (Lipinski definition) is 1. The van der Waals surface area contributed by atoms with Crippen molar-refractivity contribution in [3.05, 3.63) is 28.8 Å². The lowest BCUT2D eigenvalue weighted by Crippen LogP contribution is -2.39. The molecular weight excluding hydrogens is 256 g/mol. The number of halogens is 1. The third kappa shape index (κ3) is 3.43. The molecule has 2 atom stereocenters. The van der Waals surface area contributed by atoms with E-state index >= 15 is 0 Å². The zero-order valence-electron chi connectivity index (χ0n) is 12.2. The van der Waals surface area contributed by atoms with Crippen molar-refractivity contribution < 1.29 is 0 Å². The van der Waals surface area contributed by atoms with Crippen LogP contribution in [0.15, 0.2) is 18.2 Å². The first-order chi connectivity index (χ1) is 9.13. The number of anilines is 1. The Hall–Kier alpha value is -0.730. The predicted molar refractivity (Wildman–Crippen MR) is 84.0 cm³/mol. The minimum atomic E-state index is 0.750. The fourth-order valence-electron chi connectivity index (χ4n) is 2.75. The van der Waals surface area contributed by atoms with Gasteiger partial charge in [0.2, 0.25) is 0 Å². The Morgan fingerprint density at radius 1 is 1.32 bits per heavy atom. The summed E-state index contributed by atoms with van der Waals surface area (Å²) < 4.78 is 0. The summed E-state index contributed by atoms with van der Waals surface area (Å²) in [5.74, 6) is 1.58. The van der Waals surface area contributed by atoms with Crippen LogP contribution in [0, 0.1) is 11.8 Å². The topological polar surface area (TPSA) is 15.3 Å². The van der Waals surface area contributed by atoms with Crippen molar-refractivity contribution in [2.45, 2.75) is 33.7 Å². The molecule has 1 fully saturated rings. The van der Waals surface area contributed by atoms with Crippen LogP contribution >= 0.6 is 11.6 Å². The van der Waals surface area contributed by atoms with Crippen molar-refractivity contribution in [2.75, 3.05) is 24.5 Å². The molecule has 106 valence electrons. The first kappa shape index (κ1) is 14.7. The van der Waals surface area contributed by atoms with Crippen LogP contribution in [0.3, 0.4) is 0 Å². The highest BCUT2D eigenvalue weighted by molar-refractivity contribution is 6.31. The van der Waals surface area contributed by atoms with Gasteiger partial charge in [0, 0.05) is 35.9 Å². The average Bonchev–Trinajstić information content (AvgIpc) is 2.40. The molecule has 0 saturated carbocycles. The van der Waals surface area contributed by atoms with E-state index in [9.17, 15) is 0 Å². The number of benzene rings is 1. The Labute approximate surface area is 122 Å². The van der Waals surface area contributed by atoms with Crippen LogP contribution in [-0.4, -0.2) is 19.6 Å². The molecule has 1 N–H and O–H groups in total. The number of rotatable bonds is 4. The van der Waals surface area contributed by atoms with E-state index in [2.05, 4.69) is 43.1 Å². The minimum Gasteiger partial charge on any atom is -0.371 e. The normalized spacial score (nSPS) is 23.7. The maximum atomic E-state index is 6.38. The Bertz CT molecular complexity index is 419. The van der Waals surface area contributed by atoms with Gasteiger partial charge in [-0.15, -0.1) is 0 Å². The monoisotopic (exact) mass is 280 g/mol. The number of hydrogen-bond acceptors (Lipinski definition) is 2. The van der Waals surface area contributed by atoms with E-state index in [1.54, 1.807) is 0 Å². The van der Waals surface area contributed by atoms with Crippen LogP contribution in [-0.2, 0) is 6.54 Å². The highest BCUT2D eigenvalue weighted by atomic mass is 35.5. The lowest BCUT2D eigenvalue weighted by atomic mass is 9.88. The van der Waals surface area contributed by atoms with E-state index in [1.807, 2.05) is 6.07 Å². The highest BCUT2D eigenvalue weighted by Gasteiger charge is 2.24. The van der Waals surface area contributed by atoms with Crippen LogP contribution in [0.4, 0.5) is 5.69 Å². The van der Waals surface area contributed by atoms with Crippen LogP contribution in [0.25, 0.3) is 0 Å². The van der Waals surface area contributed by atoms with Crippen molar-refractivity contribution in [1.29, 1.82) is 0 Å². The fourth-order valence-corrected chi connectivity index (χ4v) is 2.99. The van der Waals surface area contributed by atoms with Crippen molar-refractivity contribution in [2.24, 2.45) is 11.8 Å². The quantitative estimate of drug-likeness (QED) is 0.899. The molecule has 0 bridgehead atoms. The first-order valence-electron chi connectivity index (χ1n) is 7.36. The van der Waals surface area contributed by atoms with Crippen molar-refractivity contribution in [1.82, 2.24) is 5.32 Å². The third-order valence-electron chi connectivity index (χ3n) is 4.32. The summed E-state index contributed by atoms with van der Waals surface area (Å²) in [5, 5.41) is 4.27. The van der Waals surface area contributed by atoms with Crippen molar-refractivity contribution >= 4 is 17.3 Å². The van der Waals surface area contributed by atoms with Gasteiger partial charge in [-0.25, -0.2) is 0 Å². The molecular formula is C16H25ClN2. The molecule has 2 nitrogen and oxygen atoms in total. The molecule has 1 aliphatic rings. The summed E-state index contributed by atoms with van der Waals surface area (Å²) in [6.45, 7) is 10.9. The Morgan fingerprint density at radius 3 is 2.79 bits per heavy atom. The maximum absolute atomic E-state index is 6.38. The van der Waals surface area contributed by atoms with Gasteiger partial charge in [0.15, 0.2) is 0 Å². The van der Waals surface area contributed by atoms with E-state index in [4.69, 9.17) is 11.6 Å². The van der Waals surface area contributed by atoms with E-state index in [1.165, 1.54) is 17.7 Å². The zero-order valence-corrected chi connectivity index (χ0v) is 13.0. The second-order valence-corrected chi connectivity index (χ2v) is 6.11. The maximum Gasteiger partial charge on any atom is 0.0471 e. The minimum absolute atomic E-state index is 0.750. The molecule has 1 heterocycles. The molecule has 3 heteroatoms. The molecule has 1 aromatic rings. The standard InChI is InChI=1S/C16H25ClN2/c1-4-18-10-14-15(17)6-5-7-16(14)19-9-8-12(2)13(3)11-19/h5-7,12-13,18H,4,8-11H2,1-3H3. The van der Waals surface area contributed by atoms with E-state index in [-0.39, 0.29) is 0 Å². The third-order valence-corrected chi connectivity index (χ3v) is 4.67. The molecule has 1 saturated heterocycles. The molecule has 2 rings (SSSR count). The van der Waals surface area contributed by atoms with Gasteiger partial charge in [-0.3, -0.25) is 0 Å². The second-order valence-electron chi connectivity index (χ2n) is 5.71. The van der Waals surface area contributed by atoms with E-state index < -0.39 is 0 Å². The van der Waals surface area contributed by atoms with Crippen LogP contribution in [0.5, 0.6) is 0 Å². The number of nitrogens with zero attached hydrogens (tertiary/aromatic N) is 1. The summed E-state index contributed by atoms with van der Waals surface area (Å²) in [4.78, 5) is 2.50. The smallest absolute Gasteiger partial charge is 0.0471 e. The lowest BCUT2D eigenvalue weighted by Gasteiger charge is -2.38. The van der Waals surface area contributed by atoms with Crippen LogP contribution in [0.1, 0.15) is 32.8 Å². The number of piperidine rings is 1.